The van der Waals surface area contributed by atoms with Crippen molar-refractivity contribution >= 4 is 12.1 Å². The lowest BCUT2D eigenvalue weighted by Crippen LogP contribution is -2.44. The largest absolute Gasteiger partial charge is 0.465 e. The predicted octanol–water partition coefficient (Wildman–Crippen LogP) is 3.81. The number of rotatable bonds is 7. The zero-order chi connectivity index (χ0) is 17.2. The molecule has 1 saturated carbocycles. The molecule has 0 heterocycles. The van der Waals surface area contributed by atoms with Crippen LogP contribution in [-0.4, -0.2) is 24.7 Å². The summed E-state index contributed by atoms with van der Waals surface area (Å²) in [5.41, 5.74) is 0.960. The van der Waals surface area contributed by atoms with Crippen LogP contribution in [0, 0.1) is 5.92 Å². The number of nitrogens with one attached hydrogen (secondary N) is 1. The van der Waals surface area contributed by atoms with Crippen molar-refractivity contribution in [1.82, 2.24) is 5.32 Å². The first-order chi connectivity index (χ1) is 11.7. The van der Waals surface area contributed by atoms with Gasteiger partial charge in [-0.3, -0.25) is 4.79 Å². The van der Waals surface area contributed by atoms with Gasteiger partial charge in [-0.25, -0.2) is 4.79 Å². The molecule has 1 amide bonds. The van der Waals surface area contributed by atoms with Crippen LogP contribution in [0.15, 0.2) is 30.3 Å². The maximum atomic E-state index is 12.0. The van der Waals surface area contributed by atoms with E-state index >= 15 is 0 Å². The van der Waals surface area contributed by atoms with Gasteiger partial charge in [-0.1, -0.05) is 50.1 Å². The first-order valence-corrected chi connectivity index (χ1v) is 8.82. The zero-order valence-electron chi connectivity index (χ0n) is 14.3. The molecule has 2 rings (SSSR count). The summed E-state index contributed by atoms with van der Waals surface area (Å²) in [5.74, 6) is 0.0114. The average molecular weight is 333 g/mol. The Morgan fingerprint density at radius 2 is 1.88 bits per heavy atom. The van der Waals surface area contributed by atoms with E-state index in [1.165, 1.54) is 0 Å². The molecule has 0 spiro atoms. The molecule has 0 radical (unpaired) electrons. The van der Waals surface area contributed by atoms with E-state index < -0.39 is 6.09 Å². The molecule has 0 aliphatic heterocycles. The molecule has 5 heteroatoms. The van der Waals surface area contributed by atoms with Crippen molar-refractivity contribution in [3.8, 4) is 0 Å². The Morgan fingerprint density at radius 1 is 1.12 bits per heavy atom. The van der Waals surface area contributed by atoms with Crippen molar-refractivity contribution in [2.75, 3.05) is 6.61 Å². The molecule has 1 N–H and O–H groups in total. The van der Waals surface area contributed by atoms with Gasteiger partial charge in [0.25, 0.3) is 0 Å². The van der Waals surface area contributed by atoms with Crippen LogP contribution in [0.1, 0.15) is 51.0 Å². The van der Waals surface area contributed by atoms with Gasteiger partial charge in [-0.2, -0.15) is 0 Å². The quantitative estimate of drug-likeness (QED) is 0.771. The van der Waals surface area contributed by atoms with Crippen molar-refractivity contribution in [3.05, 3.63) is 35.9 Å². The molecular formula is C19H27NO4. The summed E-state index contributed by atoms with van der Waals surface area (Å²) in [4.78, 5) is 23.6. The first kappa shape index (κ1) is 18.3. The second-order valence-corrected chi connectivity index (χ2v) is 6.29. The number of esters is 1. The normalized spacial score (nSPS) is 20.2. The fourth-order valence-electron chi connectivity index (χ4n) is 2.99. The summed E-state index contributed by atoms with van der Waals surface area (Å²) in [7, 11) is 0. The predicted molar refractivity (Wildman–Crippen MR) is 91.4 cm³/mol. The summed E-state index contributed by atoms with van der Waals surface area (Å²) in [6.07, 6.45) is 4.87. The van der Waals surface area contributed by atoms with E-state index in [9.17, 15) is 9.59 Å². The lowest BCUT2D eigenvalue weighted by Gasteiger charge is -2.31. The van der Waals surface area contributed by atoms with Gasteiger partial charge in [0.05, 0.1) is 6.61 Å². The van der Waals surface area contributed by atoms with Crippen LogP contribution >= 0.6 is 0 Å². The number of carbonyl (C=O) groups is 2. The van der Waals surface area contributed by atoms with E-state index in [0.717, 1.165) is 37.7 Å². The van der Waals surface area contributed by atoms with Gasteiger partial charge in [0.2, 0.25) is 0 Å². The Labute approximate surface area is 143 Å². The van der Waals surface area contributed by atoms with Gasteiger partial charge >= 0.3 is 12.1 Å². The number of carbonyl (C=O) groups excluding carboxylic acids is 2. The molecule has 1 aromatic rings. The molecule has 0 bridgehead atoms. The Balaban J connectivity index is 1.77. The standard InChI is InChI=1S/C19H27NO4/c1-2-8-18(21)23-14-16-11-6-7-12-17(16)20-19(22)24-13-15-9-4-3-5-10-15/h3-5,9-10,16-17H,2,6-8,11-14H2,1H3,(H,20,22)/t16-,17+/m0/s1. The summed E-state index contributed by atoms with van der Waals surface area (Å²) in [6.45, 7) is 2.59. The summed E-state index contributed by atoms with van der Waals surface area (Å²) < 4.78 is 10.6. The third-order valence-corrected chi connectivity index (χ3v) is 4.34. The zero-order valence-corrected chi connectivity index (χ0v) is 14.3. The molecule has 2 atom stereocenters. The fraction of sp³-hybridized carbons (Fsp3) is 0.579. The lowest BCUT2D eigenvalue weighted by atomic mass is 9.85. The van der Waals surface area contributed by atoms with Crippen molar-refractivity contribution in [2.45, 2.75) is 58.1 Å². The summed E-state index contributed by atoms with van der Waals surface area (Å²) >= 11 is 0. The van der Waals surface area contributed by atoms with Crippen LogP contribution in [0.5, 0.6) is 0 Å². The van der Waals surface area contributed by atoms with Gasteiger partial charge in [0.15, 0.2) is 0 Å². The Bertz CT molecular complexity index is 517. The number of hydrogen-bond acceptors (Lipinski definition) is 4. The molecule has 5 nitrogen and oxygen atoms in total. The minimum absolute atomic E-state index is 0.0106. The second kappa shape index (κ2) is 9.96. The highest BCUT2D eigenvalue weighted by atomic mass is 16.5. The van der Waals surface area contributed by atoms with Gasteiger partial charge < -0.3 is 14.8 Å². The van der Waals surface area contributed by atoms with Crippen LogP contribution in [0.4, 0.5) is 4.79 Å². The number of benzene rings is 1. The summed E-state index contributed by atoms with van der Waals surface area (Å²) in [6, 6.07) is 9.61. The highest BCUT2D eigenvalue weighted by molar-refractivity contribution is 5.69. The molecule has 132 valence electrons. The molecule has 0 unspecified atom stereocenters. The number of amides is 1. The minimum Gasteiger partial charge on any atom is -0.465 e. The second-order valence-electron chi connectivity index (χ2n) is 6.29. The smallest absolute Gasteiger partial charge is 0.407 e. The monoisotopic (exact) mass is 333 g/mol. The molecule has 1 aliphatic rings. The van der Waals surface area contributed by atoms with Crippen LogP contribution in [0.2, 0.25) is 0 Å². The van der Waals surface area contributed by atoms with Crippen LogP contribution in [0.25, 0.3) is 0 Å². The van der Waals surface area contributed by atoms with E-state index in [-0.39, 0.29) is 24.5 Å². The Morgan fingerprint density at radius 3 is 2.62 bits per heavy atom. The fourth-order valence-corrected chi connectivity index (χ4v) is 2.99. The SMILES string of the molecule is CCCC(=O)OC[C@@H]1CCCC[C@H]1NC(=O)OCc1ccccc1. The van der Waals surface area contributed by atoms with E-state index in [1.54, 1.807) is 0 Å². The van der Waals surface area contributed by atoms with Crippen molar-refractivity contribution in [2.24, 2.45) is 5.92 Å². The van der Waals surface area contributed by atoms with E-state index in [4.69, 9.17) is 9.47 Å². The molecule has 1 aliphatic carbocycles. The average Bonchev–Trinajstić information content (AvgIpc) is 2.60. The van der Waals surface area contributed by atoms with Gasteiger partial charge in [0.1, 0.15) is 6.61 Å². The Hall–Kier alpha value is -2.04. The lowest BCUT2D eigenvalue weighted by molar-refractivity contribution is -0.145. The molecule has 1 aromatic carbocycles. The van der Waals surface area contributed by atoms with Crippen molar-refractivity contribution < 1.29 is 19.1 Å². The topological polar surface area (TPSA) is 64.6 Å². The molecule has 0 aromatic heterocycles. The van der Waals surface area contributed by atoms with E-state index in [0.29, 0.717) is 13.0 Å². The minimum atomic E-state index is -0.407. The number of ether oxygens (including phenoxy) is 2. The van der Waals surface area contributed by atoms with Gasteiger partial charge in [0, 0.05) is 18.4 Å². The summed E-state index contributed by atoms with van der Waals surface area (Å²) in [5, 5.41) is 2.94. The van der Waals surface area contributed by atoms with Gasteiger partial charge in [-0.15, -0.1) is 0 Å². The molecule has 24 heavy (non-hydrogen) atoms. The molecule has 0 saturated heterocycles. The highest BCUT2D eigenvalue weighted by Crippen LogP contribution is 2.25. The Kier molecular flexibility index (Phi) is 7.59. The van der Waals surface area contributed by atoms with E-state index in [1.807, 2.05) is 37.3 Å². The van der Waals surface area contributed by atoms with Crippen LogP contribution in [0.3, 0.4) is 0 Å². The van der Waals surface area contributed by atoms with Crippen molar-refractivity contribution in [1.29, 1.82) is 0 Å². The highest BCUT2D eigenvalue weighted by Gasteiger charge is 2.28. The number of alkyl carbamates (subject to hydrolysis) is 1. The molecule has 1 fully saturated rings. The maximum Gasteiger partial charge on any atom is 0.407 e. The third-order valence-electron chi connectivity index (χ3n) is 4.34. The third kappa shape index (κ3) is 6.22. The van der Waals surface area contributed by atoms with Crippen LogP contribution < -0.4 is 5.32 Å². The van der Waals surface area contributed by atoms with Crippen LogP contribution in [-0.2, 0) is 20.9 Å². The number of hydrogen-bond donors (Lipinski definition) is 1. The first-order valence-electron chi connectivity index (χ1n) is 8.82. The molecular weight excluding hydrogens is 306 g/mol. The van der Waals surface area contributed by atoms with Gasteiger partial charge in [-0.05, 0) is 24.8 Å². The maximum absolute atomic E-state index is 12.0. The van der Waals surface area contributed by atoms with Crippen molar-refractivity contribution in [3.63, 3.8) is 0 Å². The van der Waals surface area contributed by atoms with E-state index in [2.05, 4.69) is 5.32 Å².